The molecule has 0 spiro atoms. The second kappa shape index (κ2) is 5.98. The first kappa shape index (κ1) is 14.3. The van der Waals surface area contributed by atoms with Gasteiger partial charge in [-0.15, -0.1) is 0 Å². The first-order valence-corrected chi connectivity index (χ1v) is 7.46. The van der Waals surface area contributed by atoms with Gasteiger partial charge in [0, 0.05) is 33.1 Å². The molecule has 8 heteroatoms. The van der Waals surface area contributed by atoms with E-state index in [0.29, 0.717) is 41.6 Å². The highest BCUT2D eigenvalue weighted by Gasteiger charge is 2.26. The predicted molar refractivity (Wildman–Crippen MR) is 76.6 cm³/mol. The third-order valence-electron chi connectivity index (χ3n) is 3.41. The molecule has 3 heterocycles. The topological polar surface area (TPSA) is 75.6 Å². The van der Waals surface area contributed by atoms with Crippen LogP contribution in [-0.2, 0) is 6.54 Å². The van der Waals surface area contributed by atoms with Crippen LogP contribution in [0.5, 0.6) is 0 Å². The molecule has 0 atom stereocenters. The molecule has 1 saturated heterocycles. The molecule has 0 aliphatic carbocycles. The number of aromatic nitrogens is 2. The van der Waals surface area contributed by atoms with Gasteiger partial charge in [0.25, 0.3) is 5.91 Å². The highest BCUT2D eigenvalue weighted by Crippen LogP contribution is 2.20. The third-order valence-corrected chi connectivity index (χ3v) is 4.03. The van der Waals surface area contributed by atoms with Gasteiger partial charge in [-0.2, -0.15) is 4.98 Å². The zero-order valence-electron chi connectivity index (χ0n) is 11.6. The summed E-state index contributed by atoms with van der Waals surface area (Å²) in [6.45, 7) is 5.28. The van der Waals surface area contributed by atoms with E-state index in [0.717, 1.165) is 13.1 Å². The van der Waals surface area contributed by atoms with Crippen molar-refractivity contribution in [1.82, 2.24) is 19.9 Å². The predicted octanol–water partition coefficient (Wildman–Crippen LogP) is 1.69. The SMILES string of the molecule is Cc1nc(CN2CCN(C(=O)c3occc3Br)CC2)no1. The Morgan fingerprint density at radius 1 is 1.38 bits per heavy atom. The van der Waals surface area contributed by atoms with Crippen molar-refractivity contribution in [2.75, 3.05) is 26.2 Å². The molecular weight excluding hydrogens is 340 g/mol. The summed E-state index contributed by atoms with van der Waals surface area (Å²) in [6.07, 6.45) is 1.51. The number of hydrogen-bond donors (Lipinski definition) is 0. The molecule has 0 bridgehead atoms. The third kappa shape index (κ3) is 3.16. The van der Waals surface area contributed by atoms with E-state index in [4.69, 9.17) is 8.94 Å². The average molecular weight is 355 g/mol. The molecule has 0 aromatic carbocycles. The average Bonchev–Trinajstić information content (AvgIpc) is 3.08. The van der Waals surface area contributed by atoms with Gasteiger partial charge >= 0.3 is 0 Å². The van der Waals surface area contributed by atoms with Crippen LogP contribution in [0.4, 0.5) is 0 Å². The maximum atomic E-state index is 12.3. The van der Waals surface area contributed by atoms with E-state index in [1.807, 2.05) is 0 Å². The van der Waals surface area contributed by atoms with Gasteiger partial charge in [-0.05, 0) is 22.0 Å². The van der Waals surface area contributed by atoms with Crippen LogP contribution in [0.1, 0.15) is 22.3 Å². The molecule has 1 amide bonds. The molecule has 0 radical (unpaired) electrons. The molecule has 3 rings (SSSR count). The van der Waals surface area contributed by atoms with Crippen LogP contribution in [-0.4, -0.2) is 52.0 Å². The quantitative estimate of drug-likeness (QED) is 0.834. The van der Waals surface area contributed by atoms with Crippen molar-refractivity contribution in [2.45, 2.75) is 13.5 Å². The van der Waals surface area contributed by atoms with E-state index in [1.54, 1.807) is 17.9 Å². The summed E-state index contributed by atoms with van der Waals surface area (Å²) in [4.78, 5) is 20.5. The summed E-state index contributed by atoms with van der Waals surface area (Å²) < 4.78 is 10.9. The van der Waals surface area contributed by atoms with Gasteiger partial charge in [0.05, 0.1) is 17.3 Å². The van der Waals surface area contributed by atoms with Crippen molar-refractivity contribution in [3.63, 3.8) is 0 Å². The molecule has 2 aromatic rings. The summed E-state index contributed by atoms with van der Waals surface area (Å²) in [5.74, 6) is 1.53. The number of carbonyl (C=O) groups excluding carboxylic acids is 1. The number of amides is 1. The van der Waals surface area contributed by atoms with Crippen LogP contribution < -0.4 is 0 Å². The van der Waals surface area contributed by atoms with Crippen LogP contribution in [0.25, 0.3) is 0 Å². The fourth-order valence-corrected chi connectivity index (χ4v) is 2.68. The maximum Gasteiger partial charge on any atom is 0.290 e. The van der Waals surface area contributed by atoms with Gasteiger partial charge in [0.1, 0.15) is 0 Å². The molecule has 21 heavy (non-hydrogen) atoms. The first-order valence-electron chi connectivity index (χ1n) is 6.67. The molecule has 0 N–H and O–H groups in total. The number of rotatable bonds is 3. The van der Waals surface area contributed by atoms with Crippen LogP contribution in [0.15, 0.2) is 25.7 Å². The van der Waals surface area contributed by atoms with E-state index < -0.39 is 0 Å². The summed E-state index contributed by atoms with van der Waals surface area (Å²) in [6, 6.07) is 1.72. The molecule has 7 nitrogen and oxygen atoms in total. The highest BCUT2D eigenvalue weighted by atomic mass is 79.9. The smallest absolute Gasteiger partial charge is 0.290 e. The normalized spacial score (nSPS) is 16.4. The van der Waals surface area contributed by atoms with E-state index >= 15 is 0 Å². The minimum atomic E-state index is -0.0815. The molecule has 0 saturated carbocycles. The lowest BCUT2D eigenvalue weighted by Crippen LogP contribution is -2.48. The van der Waals surface area contributed by atoms with E-state index in [1.165, 1.54) is 6.26 Å². The standard InChI is InChI=1S/C13H15BrN4O3/c1-9-15-11(16-21-9)8-17-3-5-18(6-4-17)13(19)12-10(14)2-7-20-12/h2,7H,3-6,8H2,1H3. The van der Waals surface area contributed by atoms with Crippen LogP contribution in [0.2, 0.25) is 0 Å². The number of nitrogens with zero attached hydrogens (tertiary/aromatic N) is 4. The number of furan rings is 1. The fourth-order valence-electron chi connectivity index (χ4n) is 2.30. The van der Waals surface area contributed by atoms with Crippen LogP contribution >= 0.6 is 15.9 Å². The molecular formula is C13H15BrN4O3. The summed E-state index contributed by atoms with van der Waals surface area (Å²) in [5.41, 5.74) is 0. The van der Waals surface area contributed by atoms with Gasteiger partial charge in [-0.1, -0.05) is 5.16 Å². The molecule has 112 valence electrons. The second-order valence-corrected chi connectivity index (χ2v) is 5.75. The Bertz CT molecular complexity index is 631. The fraction of sp³-hybridized carbons (Fsp3) is 0.462. The molecule has 0 unspecified atom stereocenters. The van der Waals surface area contributed by atoms with Crippen molar-refractivity contribution >= 4 is 21.8 Å². The number of piperazine rings is 1. The summed E-state index contributed by atoms with van der Waals surface area (Å²) in [7, 11) is 0. The van der Waals surface area contributed by atoms with Gasteiger partial charge < -0.3 is 13.8 Å². The van der Waals surface area contributed by atoms with Crippen molar-refractivity contribution < 1.29 is 13.7 Å². The van der Waals surface area contributed by atoms with Crippen LogP contribution in [0.3, 0.4) is 0 Å². The number of halogens is 1. The van der Waals surface area contributed by atoms with Crippen LogP contribution in [0, 0.1) is 6.92 Å². The van der Waals surface area contributed by atoms with E-state index in [2.05, 4.69) is 31.0 Å². The number of carbonyl (C=O) groups is 1. The Morgan fingerprint density at radius 3 is 2.71 bits per heavy atom. The minimum Gasteiger partial charge on any atom is -0.458 e. The Labute approximate surface area is 130 Å². The highest BCUT2D eigenvalue weighted by molar-refractivity contribution is 9.10. The molecule has 1 fully saturated rings. The largest absolute Gasteiger partial charge is 0.458 e. The molecule has 1 aliphatic heterocycles. The summed E-state index contributed by atoms with van der Waals surface area (Å²) in [5, 5.41) is 3.89. The second-order valence-electron chi connectivity index (χ2n) is 4.90. The van der Waals surface area contributed by atoms with E-state index in [9.17, 15) is 4.79 Å². The Morgan fingerprint density at radius 2 is 2.14 bits per heavy atom. The van der Waals surface area contributed by atoms with Gasteiger partial charge in [0.15, 0.2) is 5.82 Å². The van der Waals surface area contributed by atoms with Crippen molar-refractivity contribution in [3.05, 3.63) is 34.3 Å². The van der Waals surface area contributed by atoms with E-state index in [-0.39, 0.29) is 5.91 Å². The van der Waals surface area contributed by atoms with Crippen molar-refractivity contribution in [1.29, 1.82) is 0 Å². The molecule has 1 aliphatic rings. The van der Waals surface area contributed by atoms with Gasteiger partial charge in [0.2, 0.25) is 11.7 Å². The minimum absolute atomic E-state index is 0.0815. The lowest BCUT2D eigenvalue weighted by molar-refractivity contribution is 0.0592. The Kier molecular flexibility index (Phi) is 4.07. The number of aryl methyl sites for hydroxylation is 1. The van der Waals surface area contributed by atoms with Crippen molar-refractivity contribution in [2.24, 2.45) is 0 Å². The lowest BCUT2D eigenvalue weighted by Gasteiger charge is -2.33. The van der Waals surface area contributed by atoms with Gasteiger partial charge in [-0.25, -0.2) is 0 Å². The number of hydrogen-bond acceptors (Lipinski definition) is 6. The Hall–Kier alpha value is -1.67. The van der Waals surface area contributed by atoms with Gasteiger partial charge in [-0.3, -0.25) is 9.69 Å². The Balaban J connectivity index is 1.55. The maximum absolute atomic E-state index is 12.3. The van der Waals surface area contributed by atoms with Crippen molar-refractivity contribution in [3.8, 4) is 0 Å². The first-order chi connectivity index (χ1) is 10.1. The summed E-state index contributed by atoms with van der Waals surface area (Å²) >= 11 is 3.31. The molecule has 2 aromatic heterocycles. The lowest BCUT2D eigenvalue weighted by atomic mass is 10.3. The zero-order chi connectivity index (χ0) is 14.8. The zero-order valence-corrected chi connectivity index (χ0v) is 13.2. The monoisotopic (exact) mass is 354 g/mol.